The fourth-order valence-corrected chi connectivity index (χ4v) is 3.11. The van der Waals surface area contributed by atoms with Gasteiger partial charge in [0, 0.05) is 23.3 Å². The third-order valence-electron chi connectivity index (χ3n) is 3.35. The summed E-state index contributed by atoms with van der Waals surface area (Å²) in [7, 11) is 0. The molecule has 25 heavy (non-hydrogen) atoms. The van der Waals surface area contributed by atoms with Crippen LogP contribution < -0.4 is 10.6 Å². The minimum atomic E-state index is -0.297. The Balaban J connectivity index is 1.85. The zero-order valence-electron chi connectivity index (χ0n) is 13.7. The van der Waals surface area contributed by atoms with Crippen molar-refractivity contribution in [3.05, 3.63) is 64.6 Å². The smallest absolute Gasteiger partial charge is 0.277 e. The van der Waals surface area contributed by atoms with E-state index in [1.165, 1.54) is 11.3 Å². The molecule has 0 fully saturated rings. The predicted octanol–water partition coefficient (Wildman–Crippen LogP) is 4.02. The number of anilines is 3. The molecular weight excluding hydrogens is 334 g/mol. The lowest BCUT2D eigenvalue weighted by Gasteiger charge is -2.08. The largest absolute Gasteiger partial charge is 0.345 e. The molecular formula is C18H15N5OS. The van der Waals surface area contributed by atoms with Crippen LogP contribution in [0.25, 0.3) is 0 Å². The molecule has 124 valence electrons. The van der Waals surface area contributed by atoms with Crippen LogP contribution in [0.3, 0.4) is 0 Å². The van der Waals surface area contributed by atoms with Crippen molar-refractivity contribution in [2.45, 2.75) is 13.8 Å². The number of nitriles is 1. The number of carbonyl (C=O) groups is 1. The zero-order chi connectivity index (χ0) is 17.8. The van der Waals surface area contributed by atoms with Gasteiger partial charge in [-0.3, -0.25) is 9.78 Å². The highest BCUT2D eigenvalue weighted by atomic mass is 32.1. The van der Waals surface area contributed by atoms with Gasteiger partial charge in [-0.15, -0.1) is 11.3 Å². The Labute approximate surface area is 149 Å². The second-order valence-corrected chi connectivity index (χ2v) is 6.57. The first-order chi connectivity index (χ1) is 12.0. The molecule has 0 saturated heterocycles. The van der Waals surface area contributed by atoms with E-state index in [2.05, 4.69) is 26.7 Å². The average molecular weight is 349 g/mol. The molecule has 3 aromatic rings. The van der Waals surface area contributed by atoms with E-state index in [0.717, 1.165) is 16.4 Å². The summed E-state index contributed by atoms with van der Waals surface area (Å²) in [5.41, 5.74) is 3.08. The molecule has 0 atom stereocenters. The van der Waals surface area contributed by atoms with Gasteiger partial charge in [-0.05, 0) is 44.2 Å². The van der Waals surface area contributed by atoms with Gasteiger partial charge in [-0.1, -0.05) is 6.07 Å². The lowest BCUT2D eigenvalue weighted by atomic mass is 10.2. The maximum Gasteiger partial charge on any atom is 0.277 e. The molecule has 0 spiro atoms. The standard InChI is InChI=1S/C18H15N5OS/c1-11-8-15(6-7-20-11)22-17(24)16-18(25-12(2)21-16)23-14-5-3-4-13(9-14)10-19/h3-9,23H,1-2H3,(H,20,22,24). The van der Waals surface area contributed by atoms with E-state index >= 15 is 0 Å². The lowest BCUT2D eigenvalue weighted by Crippen LogP contribution is -2.14. The lowest BCUT2D eigenvalue weighted by molar-refractivity contribution is 0.102. The van der Waals surface area contributed by atoms with Gasteiger partial charge < -0.3 is 10.6 Å². The van der Waals surface area contributed by atoms with Crippen molar-refractivity contribution < 1.29 is 4.79 Å². The number of nitrogens with one attached hydrogen (secondary N) is 2. The Morgan fingerprint density at radius 2 is 2.04 bits per heavy atom. The molecule has 6 nitrogen and oxygen atoms in total. The van der Waals surface area contributed by atoms with Crippen LogP contribution in [0, 0.1) is 25.2 Å². The van der Waals surface area contributed by atoms with Crippen LogP contribution in [-0.2, 0) is 0 Å². The third-order valence-corrected chi connectivity index (χ3v) is 4.24. The van der Waals surface area contributed by atoms with Crippen LogP contribution in [0.4, 0.5) is 16.4 Å². The summed E-state index contributed by atoms with van der Waals surface area (Å²) in [6.45, 7) is 3.70. The van der Waals surface area contributed by atoms with E-state index in [-0.39, 0.29) is 5.91 Å². The van der Waals surface area contributed by atoms with Gasteiger partial charge >= 0.3 is 0 Å². The van der Waals surface area contributed by atoms with Crippen LogP contribution in [0.2, 0.25) is 0 Å². The SMILES string of the molecule is Cc1cc(NC(=O)c2nc(C)sc2Nc2cccc(C#N)c2)ccn1. The van der Waals surface area contributed by atoms with E-state index < -0.39 is 0 Å². The number of thiazole rings is 1. The van der Waals surface area contributed by atoms with E-state index in [4.69, 9.17) is 5.26 Å². The van der Waals surface area contributed by atoms with Crippen LogP contribution in [0.15, 0.2) is 42.6 Å². The monoisotopic (exact) mass is 349 g/mol. The van der Waals surface area contributed by atoms with Crippen molar-refractivity contribution in [2.24, 2.45) is 0 Å². The number of benzene rings is 1. The highest BCUT2D eigenvalue weighted by Crippen LogP contribution is 2.28. The molecule has 1 aromatic carbocycles. The van der Waals surface area contributed by atoms with Gasteiger partial charge in [0.1, 0.15) is 5.00 Å². The number of aromatic nitrogens is 2. The summed E-state index contributed by atoms with van der Waals surface area (Å²) in [5, 5.41) is 16.4. The van der Waals surface area contributed by atoms with Crippen molar-refractivity contribution in [1.29, 1.82) is 5.26 Å². The Bertz CT molecular complexity index is 974. The fraction of sp³-hybridized carbons (Fsp3) is 0.111. The molecule has 2 aromatic heterocycles. The normalized spacial score (nSPS) is 10.1. The Morgan fingerprint density at radius 3 is 2.80 bits per heavy atom. The summed E-state index contributed by atoms with van der Waals surface area (Å²) in [5.74, 6) is -0.297. The highest BCUT2D eigenvalue weighted by molar-refractivity contribution is 7.16. The molecule has 0 aliphatic heterocycles. The van der Waals surface area contributed by atoms with E-state index in [1.54, 1.807) is 36.5 Å². The van der Waals surface area contributed by atoms with E-state index in [1.807, 2.05) is 19.9 Å². The molecule has 2 heterocycles. The third kappa shape index (κ3) is 4.00. The minimum absolute atomic E-state index is 0.297. The second-order valence-electron chi connectivity index (χ2n) is 5.37. The topological polar surface area (TPSA) is 90.7 Å². The predicted molar refractivity (Wildman–Crippen MR) is 98.2 cm³/mol. The number of amides is 1. The fourth-order valence-electron chi connectivity index (χ4n) is 2.28. The summed E-state index contributed by atoms with van der Waals surface area (Å²) in [6.07, 6.45) is 1.64. The highest BCUT2D eigenvalue weighted by Gasteiger charge is 2.17. The number of hydrogen-bond donors (Lipinski definition) is 2. The van der Waals surface area contributed by atoms with Gasteiger partial charge in [0.25, 0.3) is 5.91 Å². The van der Waals surface area contributed by atoms with Crippen LogP contribution >= 0.6 is 11.3 Å². The molecule has 0 aliphatic rings. The maximum absolute atomic E-state index is 12.6. The summed E-state index contributed by atoms with van der Waals surface area (Å²) in [6, 6.07) is 12.7. The van der Waals surface area contributed by atoms with Gasteiger partial charge in [0.2, 0.25) is 0 Å². The second kappa shape index (κ2) is 7.11. The first-order valence-electron chi connectivity index (χ1n) is 7.54. The zero-order valence-corrected chi connectivity index (χ0v) is 14.5. The molecule has 0 unspecified atom stereocenters. The van der Waals surface area contributed by atoms with Gasteiger partial charge in [0.15, 0.2) is 5.69 Å². The molecule has 2 N–H and O–H groups in total. The van der Waals surface area contributed by atoms with Crippen molar-refractivity contribution in [3.8, 4) is 6.07 Å². The van der Waals surface area contributed by atoms with Gasteiger partial charge in [-0.2, -0.15) is 5.26 Å². The number of pyridine rings is 1. The first kappa shape index (κ1) is 16.6. The van der Waals surface area contributed by atoms with Gasteiger partial charge in [-0.25, -0.2) is 4.98 Å². The first-order valence-corrected chi connectivity index (χ1v) is 8.35. The van der Waals surface area contributed by atoms with E-state index in [9.17, 15) is 4.79 Å². The maximum atomic E-state index is 12.6. The van der Waals surface area contributed by atoms with Crippen molar-refractivity contribution in [2.75, 3.05) is 10.6 Å². The summed E-state index contributed by atoms with van der Waals surface area (Å²) >= 11 is 1.39. The number of carbonyl (C=O) groups excluding carboxylic acids is 1. The number of rotatable bonds is 4. The molecule has 7 heteroatoms. The molecule has 0 saturated carbocycles. The molecule has 0 radical (unpaired) electrons. The number of nitrogens with zero attached hydrogens (tertiary/aromatic N) is 3. The molecule has 1 amide bonds. The Morgan fingerprint density at radius 1 is 1.20 bits per heavy atom. The van der Waals surface area contributed by atoms with Crippen LogP contribution in [0.5, 0.6) is 0 Å². The molecule has 3 rings (SSSR count). The number of hydrogen-bond acceptors (Lipinski definition) is 6. The quantitative estimate of drug-likeness (QED) is 0.742. The van der Waals surface area contributed by atoms with Crippen molar-refractivity contribution in [3.63, 3.8) is 0 Å². The molecule has 0 aliphatic carbocycles. The summed E-state index contributed by atoms with van der Waals surface area (Å²) < 4.78 is 0. The minimum Gasteiger partial charge on any atom is -0.345 e. The van der Waals surface area contributed by atoms with Crippen molar-refractivity contribution >= 4 is 33.6 Å². The summed E-state index contributed by atoms with van der Waals surface area (Å²) in [4.78, 5) is 21.0. The number of aryl methyl sites for hydroxylation is 2. The molecule has 0 bridgehead atoms. The van der Waals surface area contributed by atoms with Gasteiger partial charge in [0.05, 0.1) is 16.6 Å². The van der Waals surface area contributed by atoms with E-state index in [0.29, 0.717) is 21.9 Å². The van der Waals surface area contributed by atoms with Crippen LogP contribution in [0.1, 0.15) is 26.8 Å². The van der Waals surface area contributed by atoms with Crippen LogP contribution in [-0.4, -0.2) is 15.9 Å². The van der Waals surface area contributed by atoms with Crippen molar-refractivity contribution in [1.82, 2.24) is 9.97 Å². The Kier molecular flexibility index (Phi) is 4.73. The Hall–Kier alpha value is -3.24. The average Bonchev–Trinajstić information content (AvgIpc) is 2.95.